The third-order valence-corrected chi connectivity index (χ3v) is 8.35. The minimum absolute atomic E-state index is 0.197. The summed E-state index contributed by atoms with van der Waals surface area (Å²) < 4.78 is 66.2. The van der Waals surface area contributed by atoms with Crippen LogP contribution in [-0.4, -0.2) is 57.9 Å². The number of nitrogens with zero attached hydrogens (tertiary/aromatic N) is 2. The average Bonchev–Trinajstić information content (AvgIpc) is 2.68. The second kappa shape index (κ2) is 9.52. The molecule has 0 radical (unpaired) electrons. The van der Waals surface area contributed by atoms with Gasteiger partial charge in [-0.05, 0) is 12.1 Å². The molecule has 0 amide bonds. The Bertz CT molecular complexity index is 1350. The molecule has 0 bridgehead atoms. The summed E-state index contributed by atoms with van der Waals surface area (Å²) in [6.07, 6.45) is 0. The highest BCUT2D eigenvalue weighted by molar-refractivity contribution is 8.76. The molecule has 0 unspecified atom stereocenters. The third-order valence-electron chi connectivity index (χ3n) is 3.76. The van der Waals surface area contributed by atoms with Crippen LogP contribution >= 0.6 is 21.6 Å². The average molecular weight is 556 g/mol. The first kappa shape index (κ1) is 26.9. The first-order chi connectivity index (χ1) is 15.5. The molecule has 182 valence electrons. The highest BCUT2D eigenvalue weighted by Crippen LogP contribution is 2.46. The fourth-order valence-corrected chi connectivity index (χ4v) is 7.45. The summed E-state index contributed by atoms with van der Waals surface area (Å²) in [7, 11) is -10.4. The van der Waals surface area contributed by atoms with Crippen molar-refractivity contribution in [2.24, 2.45) is 0 Å². The van der Waals surface area contributed by atoms with Crippen molar-refractivity contribution in [1.29, 1.82) is 0 Å². The molecule has 4 N–H and O–H groups in total. The van der Waals surface area contributed by atoms with E-state index in [1.54, 1.807) is 0 Å². The van der Waals surface area contributed by atoms with Gasteiger partial charge in [-0.25, -0.2) is 9.59 Å². The van der Waals surface area contributed by atoms with Gasteiger partial charge in [-0.15, -0.1) is 0 Å². The van der Waals surface area contributed by atoms with Crippen LogP contribution < -0.4 is 0 Å². The third kappa shape index (κ3) is 5.43. The Morgan fingerprint density at radius 1 is 0.706 bits per heavy atom. The predicted molar refractivity (Wildman–Crippen MR) is 111 cm³/mol. The zero-order valence-corrected chi connectivity index (χ0v) is 19.0. The van der Waals surface area contributed by atoms with Crippen molar-refractivity contribution in [2.45, 2.75) is 19.6 Å². The molecule has 2 aromatic carbocycles. The number of carboxylic acids is 2. The molecule has 0 aliphatic rings. The topological polar surface area (TPSA) is 270 Å². The molecular formula is C14H8N2O14S4. The highest BCUT2D eigenvalue weighted by atomic mass is 33.1. The molecule has 2 aromatic rings. The molecule has 2 rings (SSSR count). The van der Waals surface area contributed by atoms with Gasteiger partial charge < -0.3 is 10.2 Å². The lowest BCUT2D eigenvalue weighted by Gasteiger charge is -2.12. The van der Waals surface area contributed by atoms with Gasteiger partial charge in [0.05, 0.1) is 9.85 Å². The lowest BCUT2D eigenvalue weighted by Crippen LogP contribution is -2.13. The normalized spacial score (nSPS) is 11.7. The van der Waals surface area contributed by atoms with Crippen LogP contribution in [0.3, 0.4) is 0 Å². The second-order valence-corrected chi connectivity index (χ2v) is 10.7. The quantitative estimate of drug-likeness (QED) is 0.149. The van der Waals surface area contributed by atoms with Gasteiger partial charge >= 0.3 is 11.9 Å². The van der Waals surface area contributed by atoms with E-state index >= 15 is 0 Å². The van der Waals surface area contributed by atoms with Crippen molar-refractivity contribution < 1.29 is 55.6 Å². The summed E-state index contributed by atoms with van der Waals surface area (Å²) in [5.74, 6) is -4.21. The van der Waals surface area contributed by atoms with Crippen molar-refractivity contribution in [3.05, 3.63) is 55.6 Å². The van der Waals surface area contributed by atoms with Crippen LogP contribution in [0.1, 0.15) is 20.7 Å². The Labute approximate surface area is 195 Å². The SMILES string of the molecule is O=C(O)c1c([N+](=O)[O-])ccc(SSc2ccc([N+](=O)[O-])c(C(=O)O)c2S(=O)(=O)O)c1S(=O)(=O)O. The van der Waals surface area contributed by atoms with E-state index in [2.05, 4.69) is 0 Å². The molecule has 0 saturated carbocycles. The predicted octanol–water partition coefficient (Wildman–Crippen LogP) is 2.19. The molecule has 34 heavy (non-hydrogen) atoms. The number of nitro benzene ring substituents is 2. The summed E-state index contributed by atoms with van der Waals surface area (Å²) >= 11 is 0. The Balaban J connectivity index is 2.78. The molecule has 0 aliphatic heterocycles. The summed E-state index contributed by atoms with van der Waals surface area (Å²) in [6, 6.07) is 2.59. The van der Waals surface area contributed by atoms with Crippen LogP contribution in [0, 0.1) is 20.2 Å². The molecule has 0 atom stereocenters. The Morgan fingerprint density at radius 2 is 1.00 bits per heavy atom. The monoisotopic (exact) mass is 556 g/mol. The number of benzene rings is 2. The summed E-state index contributed by atoms with van der Waals surface area (Å²) in [6.45, 7) is 0. The van der Waals surface area contributed by atoms with E-state index in [0.29, 0.717) is 24.3 Å². The number of nitro groups is 2. The van der Waals surface area contributed by atoms with Crippen LogP contribution in [0.2, 0.25) is 0 Å². The van der Waals surface area contributed by atoms with Gasteiger partial charge in [0.15, 0.2) is 11.1 Å². The van der Waals surface area contributed by atoms with Crippen molar-refractivity contribution in [3.63, 3.8) is 0 Å². The van der Waals surface area contributed by atoms with Crippen LogP contribution in [0.5, 0.6) is 0 Å². The maximum Gasteiger partial charge on any atom is 0.344 e. The maximum absolute atomic E-state index is 11.8. The Morgan fingerprint density at radius 3 is 1.21 bits per heavy atom. The van der Waals surface area contributed by atoms with E-state index in [-0.39, 0.29) is 21.6 Å². The lowest BCUT2D eigenvalue weighted by atomic mass is 10.2. The first-order valence-electron chi connectivity index (χ1n) is 7.87. The van der Waals surface area contributed by atoms with Gasteiger partial charge in [-0.2, -0.15) is 16.8 Å². The van der Waals surface area contributed by atoms with E-state index in [1.807, 2.05) is 0 Å². The van der Waals surface area contributed by atoms with Crippen molar-refractivity contribution in [3.8, 4) is 0 Å². The molecule has 16 nitrogen and oxygen atoms in total. The summed E-state index contributed by atoms with van der Waals surface area (Å²) in [5, 5.41) is 40.7. The maximum atomic E-state index is 11.8. The molecule has 0 fully saturated rings. The summed E-state index contributed by atoms with van der Waals surface area (Å²) in [4.78, 5) is 38.5. The first-order valence-corrected chi connectivity index (χ1v) is 12.9. The minimum Gasteiger partial charge on any atom is -0.477 e. The van der Waals surface area contributed by atoms with E-state index in [4.69, 9.17) is 0 Å². The Kier molecular flexibility index (Phi) is 7.54. The van der Waals surface area contributed by atoms with E-state index in [9.17, 15) is 66.0 Å². The van der Waals surface area contributed by atoms with Crippen LogP contribution in [0.25, 0.3) is 0 Å². The van der Waals surface area contributed by atoms with Gasteiger partial charge in [-0.1, -0.05) is 21.6 Å². The van der Waals surface area contributed by atoms with Gasteiger partial charge in [0, 0.05) is 21.9 Å². The number of carboxylic acid groups (broad SMARTS) is 2. The number of hydrogen-bond donors (Lipinski definition) is 4. The second-order valence-electron chi connectivity index (χ2n) is 5.82. The zero-order chi connectivity index (χ0) is 26.2. The van der Waals surface area contributed by atoms with Crippen LogP contribution in [-0.2, 0) is 20.2 Å². The number of hydrogen-bond acceptors (Lipinski definition) is 12. The standard InChI is InChI=1S/C14H8N2O14S4/c17-13(18)9-5(15(21)22)1-3-7(11(9)33(25,26)27)31-32-8-4-2-6(16(23)24)10(14(19)20)12(8)34(28,29)30/h1-4H,(H,17,18)(H,19,20)(H,25,26,27)(H,28,29,30). The van der Waals surface area contributed by atoms with Gasteiger partial charge in [0.1, 0.15) is 9.79 Å². The van der Waals surface area contributed by atoms with E-state index < -0.39 is 84.1 Å². The molecule has 0 heterocycles. The Hall–Kier alpha value is -3.30. The number of carbonyl (C=O) groups is 2. The minimum atomic E-state index is -5.42. The van der Waals surface area contributed by atoms with Crippen molar-refractivity contribution >= 4 is 65.1 Å². The fraction of sp³-hybridized carbons (Fsp3) is 0. The lowest BCUT2D eigenvalue weighted by molar-refractivity contribution is -0.385. The van der Waals surface area contributed by atoms with Crippen molar-refractivity contribution in [2.75, 3.05) is 0 Å². The smallest absolute Gasteiger partial charge is 0.344 e. The molecule has 0 aliphatic carbocycles. The van der Waals surface area contributed by atoms with Gasteiger partial charge in [0.2, 0.25) is 0 Å². The molecule has 0 aromatic heterocycles. The number of aromatic carboxylic acids is 2. The zero-order valence-electron chi connectivity index (χ0n) is 15.7. The van der Waals surface area contributed by atoms with E-state index in [1.165, 1.54) is 0 Å². The van der Waals surface area contributed by atoms with Crippen LogP contribution in [0.15, 0.2) is 43.8 Å². The molecular weight excluding hydrogens is 548 g/mol. The van der Waals surface area contributed by atoms with E-state index in [0.717, 1.165) is 0 Å². The molecule has 0 spiro atoms. The van der Waals surface area contributed by atoms with Crippen molar-refractivity contribution in [1.82, 2.24) is 0 Å². The van der Waals surface area contributed by atoms with Crippen LogP contribution in [0.4, 0.5) is 11.4 Å². The largest absolute Gasteiger partial charge is 0.477 e. The molecule has 0 saturated heterocycles. The van der Waals surface area contributed by atoms with Gasteiger partial charge in [-0.3, -0.25) is 29.3 Å². The highest BCUT2D eigenvalue weighted by Gasteiger charge is 2.35. The van der Waals surface area contributed by atoms with Gasteiger partial charge in [0.25, 0.3) is 31.6 Å². The molecule has 20 heteroatoms. The fourth-order valence-electron chi connectivity index (χ4n) is 2.56. The summed E-state index contributed by atoms with van der Waals surface area (Å²) in [5.41, 5.74) is -5.22. The number of rotatable bonds is 9.